The molecule has 1 aromatic rings. The van der Waals surface area contributed by atoms with Crippen molar-refractivity contribution in [3.05, 3.63) is 18.7 Å². The Balaban J connectivity index is 1.58. The molecule has 1 amide bonds. The number of carbonyl (C=O) groups is 1. The lowest BCUT2D eigenvalue weighted by atomic mass is 10.0. The number of carbonyl (C=O) groups excluding carboxylic acids is 1. The highest BCUT2D eigenvalue weighted by Crippen LogP contribution is 2.24. The van der Waals surface area contributed by atoms with Crippen LogP contribution in [0.5, 0.6) is 0 Å². The number of ether oxygens (including phenoxy) is 2. The molecule has 2 aliphatic rings. The molecule has 1 aromatic heterocycles. The van der Waals surface area contributed by atoms with E-state index in [1.807, 2.05) is 17.4 Å². The molecule has 2 aliphatic heterocycles. The molecule has 0 saturated carbocycles. The van der Waals surface area contributed by atoms with Crippen molar-refractivity contribution in [2.24, 2.45) is 5.92 Å². The minimum absolute atomic E-state index is 0.118. The van der Waals surface area contributed by atoms with Crippen molar-refractivity contribution < 1.29 is 14.3 Å². The first-order valence-electron chi connectivity index (χ1n) is 9.14. The van der Waals surface area contributed by atoms with E-state index in [9.17, 15) is 4.79 Å². The fourth-order valence-corrected chi connectivity index (χ4v) is 3.60. The van der Waals surface area contributed by atoms with Crippen LogP contribution in [0, 0.1) is 5.92 Å². The van der Waals surface area contributed by atoms with Crippen molar-refractivity contribution >= 4 is 5.91 Å². The number of piperidine rings is 1. The molecule has 0 N–H and O–H groups in total. The Morgan fingerprint density at radius 3 is 2.92 bits per heavy atom. The quantitative estimate of drug-likeness (QED) is 0.800. The SMILES string of the molecule is CC(C)[C@H](OC[C@@H]1CCCO1)C(=O)N1CCC[C@@H](n2ccnc2)C1. The average Bonchev–Trinajstić information content (AvgIpc) is 3.28. The zero-order valence-electron chi connectivity index (χ0n) is 14.8. The molecule has 0 unspecified atom stereocenters. The third kappa shape index (κ3) is 4.16. The summed E-state index contributed by atoms with van der Waals surface area (Å²) in [5.74, 6) is 0.278. The minimum Gasteiger partial charge on any atom is -0.376 e. The van der Waals surface area contributed by atoms with Gasteiger partial charge in [0.2, 0.25) is 0 Å². The normalized spacial score (nSPS) is 26.0. The summed E-state index contributed by atoms with van der Waals surface area (Å²) >= 11 is 0. The van der Waals surface area contributed by atoms with Gasteiger partial charge in [-0.25, -0.2) is 4.98 Å². The predicted molar refractivity (Wildman–Crippen MR) is 90.6 cm³/mol. The Morgan fingerprint density at radius 1 is 1.38 bits per heavy atom. The molecule has 2 fully saturated rings. The summed E-state index contributed by atoms with van der Waals surface area (Å²) in [4.78, 5) is 19.1. The van der Waals surface area contributed by atoms with Gasteiger partial charge in [0.05, 0.1) is 25.1 Å². The number of amides is 1. The second kappa shape index (κ2) is 8.12. The van der Waals surface area contributed by atoms with Crippen molar-refractivity contribution in [2.45, 2.75) is 57.8 Å². The maximum atomic E-state index is 13.0. The molecule has 24 heavy (non-hydrogen) atoms. The number of hydrogen-bond acceptors (Lipinski definition) is 4. The van der Waals surface area contributed by atoms with Crippen molar-refractivity contribution in [1.29, 1.82) is 0 Å². The standard InChI is InChI=1S/C18H29N3O3/c1-14(2)17(24-12-16-6-4-10-23-16)18(22)20-8-3-5-15(11-20)21-9-7-19-13-21/h7,9,13-17H,3-6,8,10-12H2,1-2H3/t15-,16+,17+/m1/s1. The van der Waals surface area contributed by atoms with Crippen molar-refractivity contribution in [2.75, 3.05) is 26.3 Å². The second-order valence-corrected chi connectivity index (χ2v) is 7.22. The van der Waals surface area contributed by atoms with Crippen LogP contribution in [-0.4, -0.2) is 58.9 Å². The predicted octanol–water partition coefficient (Wildman–Crippen LogP) is 2.27. The van der Waals surface area contributed by atoms with E-state index in [0.29, 0.717) is 12.6 Å². The molecule has 2 saturated heterocycles. The Hall–Kier alpha value is -1.40. The van der Waals surface area contributed by atoms with Crippen molar-refractivity contribution in [3.63, 3.8) is 0 Å². The lowest BCUT2D eigenvalue weighted by molar-refractivity contribution is -0.151. The van der Waals surface area contributed by atoms with Crippen LogP contribution in [0.25, 0.3) is 0 Å². The number of likely N-dealkylation sites (tertiary alicyclic amines) is 1. The topological polar surface area (TPSA) is 56.6 Å². The number of hydrogen-bond donors (Lipinski definition) is 0. The average molecular weight is 335 g/mol. The van der Waals surface area contributed by atoms with E-state index in [1.54, 1.807) is 6.20 Å². The van der Waals surface area contributed by atoms with Crippen LogP contribution in [0.3, 0.4) is 0 Å². The summed E-state index contributed by atoms with van der Waals surface area (Å²) < 4.78 is 13.7. The molecule has 6 nitrogen and oxygen atoms in total. The van der Waals surface area contributed by atoms with E-state index in [-0.39, 0.29) is 24.0 Å². The van der Waals surface area contributed by atoms with Gasteiger partial charge < -0.3 is 18.9 Å². The summed E-state index contributed by atoms with van der Waals surface area (Å²) in [5, 5.41) is 0. The van der Waals surface area contributed by atoms with E-state index >= 15 is 0 Å². The number of imidazole rings is 1. The van der Waals surface area contributed by atoms with Gasteiger partial charge in [-0.3, -0.25) is 4.79 Å². The zero-order valence-corrected chi connectivity index (χ0v) is 14.8. The summed E-state index contributed by atoms with van der Waals surface area (Å²) in [7, 11) is 0. The van der Waals surface area contributed by atoms with Crippen LogP contribution in [0.1, 0.15) is 45.6 Å². The molecule has 0 radical (unpaired) electrons. The lowest BCUT2D eigenvalue weighted by Crippen LogP contribution is -2.48. The summed E-state index contributed by atoms with van der Waals surface area (Å²) in [6.45, 7) is 6.99. The summed E-state index contributed by atoms with van der Waals surface area (Å²) in [6.07, 6.45) is 9.61. The van der Waals surface area contributed by atoms with E-state index < -0.39 is 0 Å². The monoisotopic (exact) mass is 335 g/mol. The fourth-order valence-electron chi connectivity index (χ4n) is 3.60. The molecular weight excluding hydrogens is 306 g/mol. The smallest absolute Gasteiger partial charge is 0.252 e. The van der Waals surface area contributed by atoms with Crippen molar-refractivity contribution in [3.8, 4) is 0 Å². The molecule has 3 heterocycles. The maximum Gasteiger partial charge on any atom is 0.252 e. The van der Waals surface area contributed by atoms with Crippen molar-refractivity contribution in [1.82, 2.24) is 14.5 Å². The van der Waals surface area contributed by atoms with Crippen LogP contribution < -0.4 is 0 Å². The molecule has 3 rings (SSSR count). The van der Waals surface area contributed by atoms with Gasteiger partial charge in [0, 0.05) is 32.1 Å². The Kier molecular flexibility index (Phi) is 5.89. The molecule has 0 aromatic carbocycles. The number of aromatic nitrogens is 2. The molecule has 0 bridgehead atoms. The maximum absolute atomic E-state index is 13.0. The van der Waals surface area contributed by atoms with Gasteiger partial charge in [0.15, 0.2) is 0 Å². The van der Waals surface area contributed by atoms with Gasteiger partial charge in [0.1, 0.15) is 6.10 Å². The largest absolute Gasteiger partial charge is 0.376 e. The van der Waals surface area contributed by atoms with E-state index in [0.717, 1.165) is 45.4 Å². The highest BCUT2D eigenvalue weighted by Gasteiger charge is 2.32. The first-order chi connectivity index (χ1) is 11.6. The molecular formula is C18H29N3O3. The highest BCUT2D eigenvalue weighted by molar-refractivity contribution is 5.81. The van der Waals surface area contributed by atoms with Gasteiger partial charge in [-0.2, -0.15) is 0 Å². The molecule has 134 valence electrons. The summed E-state index contributed by atoms with van der Waals surface area (Å²) in [6, 6.07) is 0.316. The fraction of sp³-hybridized carbons (Fsp3) is 0.778. The number of rotatable bonds is 6. The Morgan fingerprint density at radius 2 is 2.25 bits per heavy atom. The zero-order chi connectivity index (χ0) is 16.9. The molecule has 0 aliphatic carbocycles. The van der Waals surface area contributed by atoms with Crippen LogP contribution >= 0.6 is 0 Å². The van der Waals surface area contributed by atoms with Gasteiger partial charge in [-0.1, -0.05) is 13.8 Å². The van der Waals surface area contributed by atoms with Crippen LogP contribution in [0.2, 0.25) is 0 Å². The minimum atomic E-state index is -0.379. The van der Waals surface area contributed by atoms with Gasteiger partial charge in [0.25, 0.3) is 5.91 Å². The Labute approximate surface area is 144 Å². The highest BCUT2D eigenvalue weighted by atomic mass is 16.5. The van der Waals surface area contributed by atoms with E-state index in [1.165, 1.54) is 0 Å². The van der Waals surface area contributed by atoms with Gasteiger partial charge >= 0.3 is 0 Å². The molecule has 0 spiro atoms. The molecule has 3 atom stereocenters. The summed E-state index contributed by atoms with van der Waals surface area (Å²) in [5.41, 5.74) is 0. The van der Waals surface area contributed by atoms with Crippen LogP contribution in [0.15, 0.2) is 18.7 Å². The van der Waals surface area contributed by atoms with Crippen LogP contribution in [-0.2, 0) is 14.3 Å². The molecule has 6 heteroatoms. The first-order valence-corrected chi connectivity index (χ1v) is 9.14. The lowest BCUT2D eigenvalue weighted by Gasteiger charge is -2.36. The number of nitrogens with zero attached hydrogens (tertiary/aromatic N) is 3. The third-order valence-corrected chi connectivity index (χ3v) is 4.99. The Bertz CT molecular complexity index is 512. The van der Waals surface area contributed by atoms with Crippen LogP contribution in [0.4, 0.5) is 0 Å². The van der Waals surface area contributed by atoms with E-state index in [4.69, 9.17) is 9.47 Å². The van der Waals surface area contributed by atoms with Gasteiger partial charge in [-0.05, 0) is 31.6 Å². The third-order valence-electron chi connectivity index (χ3n) is 4.99. The second-order valence-electron chi connectivity index (χ2n) is 7.22. The van der Waals surface area contributed by atoms with Gasteiger partial charge in [-0.15, -0.1) is 0 Å². The van der Waals surface area contributed by atoms with E-state index in [2.05, 4.69) is 23.4 Å². The first kappa shape index (κ1) is 17.4.